The van der Waals surface area contributed by atoms with Gasteiger partial charge in [0.15, 0.2) is 0 Å². The van der Waals surface area contributed by atoms with Crippen molar-refractivity contribution in [1.29, 1.82) is 0 Å². The summed E-state index contributed by atoms with van der Waals surface area (Å²) in [5.41, 5.74) is -0.211. The van der Waals surface area contributed by atoms with E-state index in [0.29, 0.717) is 12.0 Å². The van der Waals surface area contributed by atoms with E-state index in [4.69, 9.17) is 0 Å². The summed E-state index contributed by atoms with van der Waals surface area (Å²) in [7, 11) is 0. The second kappa shape index (κ2) is 3.89. The highest BCUT2D eigenvalue weighted by atomic mass is 19.1. The first kappa shape index (κ1) is 10.6. The summed E-state index contributed by atoms with van der Waals surface area (Å²) in [5.74, 6) is -1.15. The Kier molecular flexibility index (Phi) is 2.74. The molecule has 0 spiro atoms. The van der Waals surface area contributed by atoms with Crippen molar-refractivity contribution in [3.05, 3.63) is 35.4 Å². The molecule has 1 aromatic rings. The summed E-state index contributed by atoms with van der Waals surface area (Å²) < 4.78 is 25.8. The van der Waals surface area contributed by atoms with Crippen LogP contribution in [0, 0.1) is 11.6 Å². The molecule has 15 heavy (non-hydrogen) atoms. The zero-order chi connectivity index (χ0) is 10.9. The first-order valence-corrected chi connectivity index (χ1v) is 5.25. The fraction of sp³-hybridized carbons (Fsp3) is 0.500. The molecule has 0 amide bonds. The third-order valence-corrected chi connectivity index (χ3v) is 2.99. The minimum Gasteiger partial charge on any atom is -0.390 e. The van der Waals surface area contributed by atoms with Crippen LogP contribution in [-0.4, -0.2) is 10.7 Å². The van der Waals surface area contributed by atoms with Gasteiger partial charge in [-0.15, -0.1) is 0 Å². The molecule has 82 valence electrons. The van der Waals surface area contributed by atoms with E-state index in [0.717, 1.165) is 31.7 Å². The minimum absolute atomic E-state index is 0.349. The van der Waals surface area contributed by atoms with E-state index in [1.165, 1.54) is 12.1 Å². The van der Waals surface area contributed by atoms with Crippen LogP contribution in [0.2, 0.25) is 0 Å². The lowest BCUT2D eigenvalue weighted by Crippen LogP contribution is -2.27. The molecule has 0 aliphatic heterocycles. The number of hydrogen-bond acceptors (Lipinski definition) is 1. The van der Waals surface area contributed by atoms with Gasteiger partial charge in [-0.1, -0.05) is 12.8 Å². The lowest BCUT2D eigenvalue weighted by atomic mass is 9.93. The number of aliphatic hydroxyl groups is 1. The molecule has 0 unspecified atom stereocenters. The van der Waals surface area contributed by atoms with E-state index < -0.39 is 17.2 Å². The number of halogens is 2. The van der Waals surface area contributed by atoms with Gasteiger partial charge in [0, 0.05) is 12.5 Å². The van der Waals surface area contributed by atoms with E-state index in [-0.39, 0.29) is 0 Å². The molecule has 0 heterocycles. The quantitative estimate of drug-likeness (QED) is 0.799. The van der Waals surface area contributed by atoms with Gasteiger partial charge in [-0.25, -0.2) is 8.78 Å². The second-order valence-corrected chi connectivity index (χ2v) is 4.39. The molecule has 0 atom stereocenters. The van der Waals surface area contributed by atoms with Crippen LogP contribution in [0.15, 0.2) is 18.2 Å². The smallest absolute Gasteiger partial charge is 0.126 e. The molecule has 3 heteroatoms. The molecule has 1 saturated carbocycles. The molecule has 0 saturated heterocycles. The van der Waals surface area contributed by atoms with Crippen molar-refractivity contribution in [2.24, 2.45) is 0 Å². The molecule has 1 aromatic carbocycles. The largest absolute Gasteiger partial charge is 0.390 e. The zero-order valence-electron chi connectivity index (χ0n) is 8.47. The Balaban J connectivity index is 2.16. The molecule has 2 rings (SSSR count). The van der Waals surface area contributed by atoms with E-state index >= 15 is 0 Å². The highest BCUT2D eigenvalue weighted by Gasteiger charge is 2.31. The maximum absolute atomic E-state index is 12.9. The Morgan fingerprint density at radius 3 is 2.13 bits per heavy atom. The van der Waals surface area contributed by atoms with Crippen molar-refractivity contribution in [1.82, 2.24) is 0 Å². The van der Waals surface area contributed by atoms with Gasteiger partial charge >= 0.3 is 0 Å². The van der Waals surface area contributed by atoms with Crippen molar-refractivity contribution in [2.75, 3.05) is 0 Å². The molecule has 1 nitrogen and oxygen atoms in total. The maximum atomic E-state index is 12.9. The van der Waals surface area contributed by atoms with Crippen molar-refractivity contribution in [3.8, 4) is 0 Å². The fourth-order valence-corrected chi connectivity index (χ4v) is 2.30. The van der Waals surface area contributed by atoms with Crippen molar-refractivity contribution < 1.29 is 13.9 Å². The lowest BCUT2D eigenvalue weighted by Gasteiger charge is -2.21. The van der Waals surface area contributed by atoms with E-state index in [9.17, 15) is 13.9 Å². The Bertz CT molecular complexity index is 336. The Morgan fingerprint density at radius 1 is 1.07 bits per heavy atom. The van der Waals surface area contributed by atoms with Crippen molar-refractivity contribution >= 4 is 0 Å². The number of rotatable bonds is 2. The number of benzene rings is 1. The first-order valence-electron chi connectivity index (χ1n) is 5.25. The van der Waals surface area contributed by atoms with Crippen LogP contribution in [0.25, 0.3) is 0 Å². The molecule has 1 fully saturated rings. The molecule has 1 N–H and O–H groups in total. The highest BCUT2D eigenvalue weighted by molar-refractivity contribution is 5.20. The van der Waals surface area contributed by atoms with Crippen LogP contribution in [-0.2, 0) is 6.42 Å². The molecule has 0 radical (unpaired) electrons. The van der Waals surface area contributed by atoms with Crippen LogP contribution in [0.5, 0.6) is 0 Å². The standard InChI is InChI=1S/C12H14F2O/c13-10-5-9(6-11(14)7-10)8-12(15)3-1-2-4-12/h5-7,15H,1-4,8H2. The highest BCUT2D eigenvalue weighted by Crippen LogP contribution is 2.32. The summed E-state index contributed by atoms with van der Waals surface area (Å²) in [6.07, 6.45) is 3.79. The van der Waals surface area contributed by atoms with Gasteiger partial charge in [0.25, 0.3) is 0 Å². The van der Waals surface area contributed by atoms with Gasteiger partial charge in [-0.2, -0.15) is 0 Å². The molecule has 0 bridgehead atoms. The lowest BCUT2D eigenvalue weighted by molar-refractivity contribution is 0.0481. The van der Waals surface area contributed by atoms with Gasteiger partial charge in [0.05, 0.1) is 5.60 Å². The first-order chi connectivity index (χ1) is 7.07. The molecule has 1 aliphatic rings. The Morgan fingerprint density at radius 2 is 1.60 bits per heavy atom. The van der Waals surface area contributed by atoms with Crippen LogP contribution in [0.3, 0.4) is 0 Å². The fourth-order valence-electron chi connectivity index (χ4n) is 2.30. The molecular weight excluding hydrogens is 198 g/mol. The Labute approximate surface area is 87.7 Å². The van der Waals surface area contributed by atoms with Crippen LogP contribution in [0.1, 0.15) is 31.2 Å². The molecule has 1 aliphatic carbocycles. The van der Waals surface area contributed by atoms with Gasteiger partial charge in [-0.05, 0) is 30.5 Å². The topological polar surface area (TPSA) is 20.2 Å². The zero-order valence-corrected chi connectivity index (χ0v) is 8.47. The summed E-state index contributed by atoms with van der Waals surface area (Å²) in [6, 6.07) is 3.43. The molecule has 0 aromatic heterocycles. The van der Waals surface area contributed by atoms with E-state index in [1.54, 1.807) is 0 Å². The van der Waals surface area contributed by atoms with Gasteiger partial charge < -0.3 is 5.11 Å². The predicted molar refractivity (Wildman–Crippen MR) is 53.5 cm³/mol. The van der Waals surface area contributed by atoms with Gasteiger partial charge in [-0.3, -0.25) is 0 Å². The number of hydrogen-bond donors (Lipinski definition) is 1. The van der Waals surface area contributed by atoms with Crippen molar-refractivity contribution in [2.45, 2.75) is 37.7 Å². The Hall–Kier alpha value is -0.960. The summed E-state index contributed by atoms with van der Waals surface area (Å²) in [4.78, 5) is 0. The van der Waals surface area contributed by atoms with Gasteiger partial charge in [0.2, 0.25) is 0 Å². The maximum Gasteiger partial charge on any atom is 0.126 e. The second-order valence-electron chi connectivity index (χ2n) is 4.39. The van der Waals surface area contributed by atoms with E-state index in [2.05, 4.69) is 0 Å². The summed E-state index contributed by atoms with van der Waals surface area (Å²) in [6.45, 7) is 0. The van der Waals surface area contributed by atoms with Crippen LogP contribution < -0.4 is 0 Å². The van der Waals surface area contributed by atoms with Crippen molar-refractivity contribution in [3.63, 3.8) is 0 Å². The van der Waals surface area contributed by atoms with E-state index in [1.807, 2.05) is 0 Å². The normalized spacial score (nSPS) is 19.4. The average Bonchev–Trinajstić information content (AvgIpc) is 2.49. The average molecular weight is 212 g/mol. The SMILES string of the molecule is OC1(Cc2cc(F)cc(F)c2)CCCC1. The van der Waals surface area contributed by atoms with Gasteiger partial charge in [0.1, 0.15) is 11.6 Å². The monoisotopic (exact) mass is 212 g/mol. The third kappa shape index (κ3) is 2.53. The predicted octanol–water partition coefficient (Wildman–Crippen LogP) is 2.81. The third-order valence-electron chi connectivity index (χ3n) is 2.99. The molecular formula is C12H14F2O. The minimum atomic E-state index is -0.750. The van der Waals surface area contributed by atoms with Crippen LogP contribution >= 0.6 is 0 Å². The summed E-state index contributed by atoms with van der Waals surface area (Å²) in [5, 5.41) is 10.1. The summed E-state index contributed by atoms with van der Waals surface area (Å²) >= 11 is 0. The van der Waals surface area contributed by atoms with Crippen LogP contribution in [0.4, 0.5) is 8.78 Å².